The number of nitrogens with one attached hydrogen (secondary N) is 1. The third-order valence-corrected chi connectivity index (χ3v) is 3.22. The lowest BCUT2D eigenvalue weighted by atomic mass is 10.1. The molecular formula is C11H14ClFN2. The molecule has 0 spiro atoms. The van der Waals surface area contributed by atoms with Crippen molar-refractivity contribution >= 4 is 17.3 Å². The molecule has 0 unspecified atom stereocenters. The molecule has 0 bridgehead atoms. The molecule has 1 aromatic carbocycles. The van der Waals surface area contributed by atoms with Gasteiger partial charge in [0.2, 0.25) is 0 Å². The maximum Gasteiger partial charge on any atom is 0.128 e. The van der Waals surface area contributed by atoms with Crippen molar-refractivity contribution in [2.75, 3.05) is 25.0 Å². The maximum atomic E-state index is 13.4. The average Bonchev–Trinajstić information content (AvgIpc) is 2.08. The predicted molar refractivity (Wildman–Crippen MR) is 61.2 cm³/mol. The molecule has 1 saturated heterocycles. The van der Waals surface area contributed by atoms with Crippen molar-refractivity contribution in [3.8, 4) is 0 Å². The molecule has 0 radical (unpaired) electrons. The van der Waals surface area contributed by atoms with Gasteiger partial charge in [0, 0.05) is 20.1 Å². The fraction of sp³-hybridized carbons (Fsp3) is 0.455. The van der Waals surface area contributed by atoms with Crippen molar-refractivity contribution in [3.63, 3.8) is 0 Å². The summed E-state index contributed by atoms with van der Waals surface area (Å²) >= 11 is 6.09. The lowest BCUT2D eigenvalue weighted by Gasteiger charge is -2.37. The van der Waals surface area contributed by atoms with Crippen LogP contribution in [0.2, 0.25) is 5.02 Å². The number of hydrogen-bond acceptors (Lipinski definition) is 2. The van der Waals surface area contributed by atoms with Crippen molar-refractivity contribution in [2.24, 2.45) is 0 Å². The molecule has 1 aliphatic heterocycles. The molecule has 0 atom stereocenters. The first kappa shape index (κ1) is 10.7. The van der Waals surface area contributed by atoms with Gasteiger partial charge in [-0.1, -0.05) is 11.6 Å². The van der Waals surface area contributed by atoms with Crippen LogP contribution in [0.1, 0.15) is 5.56 Å². The fourth-order valence-corrected chi connectivity index (χ4v) is 2.00. The zero-order chi connectivity index (χ0) is 11.0. The van der Waals surface area contributed by atoms with E-state index < -0.39 is 0 Å². The highest BCUT2D eigenvalue weighted by atomic mass is 35.5. The molecule has 0 aromatic heterocycles. The molecule has 0 aliphatic carbocycles. The molecule has 1 aliphatic rings. The summed E-state index contributed by atoms with van der Waals surface area (Å²) in [5.74, 6) is -0.200. The predicted octanol–water partition coefficient (Wildman–Crippen LogP) is 2.20. The summed E-state index contributed by atoms with van der Waals surface area (Å²) in [6.45, 7) is 3.58. The van der Waals surface area contributed by atoms with Crippen LogP contribution < -0.4 is 10.2 Å². The van der Waals surface area contributed by atoms with Crippen LogP contribution in [-0.4, -0.2) is 26.2 Å². The Morgan fingerprint density at radius 3 is 2.67 bits per heavy atom. The largest absolute Gasteiger partial charge is 0.368 e. The van der Waals surface area contributed by atoms with E-state index in [0.29, 0.717) is 16.6 Å². The zero-order valence-electron chi connectivity index (χ0n) is 8.85. The molecular weight excluding hydrogens is 215 g/mol. The monoisotopic (exact) mass is 228 g/mol. The van der Waals surface area contributed by atoms with Gasteiger partial charge in [-0.15, -0.1) is 0 Å². The zero-order valence-corrected chi connectivity index (χ0v) is 9.61. The molecule has 0 amide bonds. The molecule has 2 nitrogen and oxygen atoms in total. The minimum absolute atomic E-state index is 0.200. The normalized spacial score (nSPS) is 16.3. The van der Waals surface area contributed by atoms with Crippen LogP contribution in [0, 0.1) is 12.7 Å². The topological polar surface area (TPSA) is 15.3 Å². The van der Waals surface area contributed by atoms with E-state index in [4.69, 9.17) is 11.6 Å². The summed E-state index contributed by atoms with van der Waals surface area (Å²) in [6.07, 6.45) is 0. The van der Waals surface area contributed by atoms with Crippen LogP contribution in [0.4, 0.5) is 10.1 Å². The van der Waals surface area contributed by atoms with E-state index in [1.165, 1.54) is 6.07 Å². The highest BCUT2D eigenvalue weighted by Crippen LogP contribution is 2.29. The third kappa shape index (κ3) is 1.94. The van der Waals surface area contributed by atoms with Gasteiger partial charge in [0.05, 0.1) is 16.8 Å². The number of nitrogens with zero attached hydrogens (tertiary/aromatic N) is 1. The van der Waals surface area contributed by atoms with E-state index in [1.807, 2.05) is 11.9 Å². The van der Waals surface area contributed by atoms with Gasteiger partial charge < -0.3 is 10.2 Å². The summed E-state index contributed by atoms with van der Waals surface area (Å²) in [6, 6.07) is 3.61. The van der Waals surface area contributed by atoms with Gasteiger partial charge in [0.15, 0.2) is 0 Å². The van der Waals surface area contributed by atoms with Crippen LogP contribution in [0.15, 0.2) is 12.1 Å². The minimum atomic E-state index is -0.200. The molecule has 1 heterocycles. The Morgan fingerprint density at radius 2 is 2.13 bits per heavy atom. The van der Waals surface area contributed by atoms with Crippen molar-refractivity contribution in [2.45, 2.75) is 13.0 Å². The van der Waals surface area contributed by atoms with Crippen LogP contribution in [0.5, 0.6) is 0 Å². The molecule has 2 rings (SSSR count). The van der Waals surface area contributed by atoms with Gasteiger partial charge in [-0.2, -0.15) is 0 Å². The average molecular weight is 229 g/mol. The van der Waals surface area contributed by atoms with E-state index in [-0.39, 0.29) is 5.82 Å². The van der Waals surface area contributed by atoms with Gasteiger partial charge in [-0.05, 0) is 24.6 Å². The van der Waals surface area contributed by atoms with Gasteiger partial charge in [0.1, 0.15) is 5.82 Å². The highest BCUT2D eigenvalue weighted by Gasteiger charge is 2.23. The van der Waals surface area contributed by atoms with E-state index in [9.17, 15) is 4.39 Å². The Balaban J connectivity index is 2.30. The van der Waals surface area contributed by atoms with Gasteiger partial charge >= 0.3 is 0 Å². The number of likely N-dealkylation sites (N-methyl/N-ethyl adjacent to an activating group) is 1. The molecule has 82 valence electrons. The van der Waals surface area contributed by atoms with Gasteiger partial charge in [0.25, 0.3) is 0 Å². The molecule has 1 aromatic rings. The van der Waals surface area contributed by atoms with Crippen LogP contribution in [0.3, 0.4) is 0 Å². The second-order valence-corrected chi connectivity index (χ2v) is 4.38. The standard InChI is InChI=1S/C11H14ClFN2/c1-7-3-9(12)11(4-10(7)13)15(2)8-5-14-6-8/h3-4,8,14H,5-6H2,1-2H3. The van der Waals surface area contributed by atoms with Crippen LogP contribution in [-0.2, 0) is 0 Å². The Bertz CT molecular complexity index is 377. The minimum Gasteiger partial charge on any atom is -0.368 e. The van der Waals surface area contributed by atoms with Crippen molar-refractivity contribution in [3.05, 3.63) is 28.5 Å². The van der Waals surface area contributed by atoms with E-state index in [0.717, 1.165) is 18.8 Å². The smallest absolute Gasteiger partial charge is 0.128 e. The third-order valence-electron chi connectivity index (χ3n) is 2.92. The van der Waals surface area contributed by atoms with E-state index in [1.54, 1.807) is 13.0 Å². The first-order valence-electron chi connectivity index (χ1n) is 4.99. The molecule has 0 saturated carbocycles. The second-order valence-electron chi connectivity index (χ2n) is 3.98. The number of halogens is 2. The Morgan fingerprint density at radius 1 is 1.47 bits per heavy atom. The van der Waals surface area contributed by atoms with Gasteiger partial charge in [-0.3, -0.25) is 0 Å². The molecule has 1 fully saturated rings. The van der Waals surface area contributed by atoms with E-state index in [2.05, 4.69) is 5.32 Å². The first-order valence-corrected chi connectivity index (χ1v) is 5.36. The second kappa shape index (κ2) is 3.99. The lowest BCUT2D eigenvalue weighted by molar-refractivity contribution is 0.428. The molecule has 15 heavy (non-hydrogen) atoms. The summed E-state index contributed by atoms with van der Waals surface area (Å²) in [4.78, 5) is 2.03. The first-order chi connectivity index (χ1) is 7.09. The van der Waals surface area contributed by atoms with Crippen molar-refractivity contribution < 1.29 is 4.39 Å². The SMILES string of the molecule is Cc1cc(Cl)c(N(C)C2CNC2)cc1F. The summed E-state index contributed by atoms with van der Waals surface area (Å²) in [7, 11) is 1.95. The van der Waals surface area contributed by atoms with Crippen LogP contribution in [0.25, 0.3) is 0 Å². The lowest BCUT2D eigenvalue weighted by Crippen LogP contribution is -2.56. The number of rotatable bonds is 2. The Labute approximate surface area is 94.0 Å². The number of hydrogen-bond donors (Lipinski definition) is 1. The van der Waals surface area contributed by atoms with Crippen molar-refractivity contribution in [1.82, 2.24) is 5.32 Å². The number of anilines is 1. The van der Waals surface area contributed by atoms with Crippen LogP contribution >= 0.6 is 11.6 Å². The Hall–Kier alpha value is -0.800. The maximum absolute atomic E-state index is 13.4. The summed E-state index contributed by atoms with van der Waals surface area (Å²) < 4.78 is 13.4. The molecule has 1 N–H and O–H groups in total. The fourth-order valence-electron chi connectivity index (χ4n) is 1.65. The van der Waals surface area contributed by atoms with Crippen molar-refractivity contribution in [1.29, 1.82) is 0 Å². The van der Waals surface area contributed by atoms with Gasteiger partial charge in [-0.25, -0.2) is 4.39 Å². The quantitative estimate of drug-likeness (QED) is 0.835. The highest BCUT2D eigenvalue weighted by molar-refractivity contribution is 6.33. The number of aryl methyl sites for hydroxylation is 1. The molecule has 4 heteroatoms. The summed E-state index contributed by atoms with van der Waals surface area (Å²) in [5, 5.41) is 3.79. The van der Waals surface area contributed by atoms with E-state index >= 15 is 0 Å². The Kier molecular flexibility index (Phi) is 2.85. The summed E-state index contributed by atoms with van der Waals surface area (Å²) in [5.41, 5.74) is 1.36. The number of benzene rings is 1.